The predicted octanol–water partition coefficient (Wildman–Crippen LogP) is 3.86. The van der Waals surface area contributed by atoms with E-state index in [-0.39, 0.29) is 18.1 Å². The van der Waals surface area contributed by atoms with E-state index in [4.69, 9.17) is 4.74 Å². The highest BCUT2D eigenvalue weighted by Gasteiger charge is 2.19. The van der Waals surface area contributed by atoms with Crippen molar-refractivity contribution in [3.63, 3.8) is 0 Å². The van der Waals surface area contributed by atoms with Gasteiger partial charge < -0.3 is 10.1 Å². The third kappa shape index (κ3) is 3.94. The lowest BCUT2D eigenvalue weighted by Crippen LogP contribution is -2.27. The third-order valence-electron chi connectivity index (χ3n) is 4.42. The molecule has 0 aliphatic rings. The Balaban J connectivity index is 1.89. The Bertz CT molecular complexity index is 991. The van der Waals surface area contributed by atoms with E-state index in [0.717, 1.165) is 33.7 Å². The molecule has 0 saturated heterocycles. The number of benzene rings is 1. The van der Waals surface area contributed by atoms with Crippen molar-refractivity contribution in [1.82, 2.24) is 20.1 Å². The molecule has 1 aromatic carbocycles. The summed E-state index contributed by atoms with van der Waals surface area (Å²) in [6.45, 7) is 9.73. The van der Waals surface area contributed by atoms with E-state index in [1.54, 1.807) is 4.68 Å². The molecular formula is C21H26N4O2. The number of fused-ring (bicyclic) bond motifs is 1. The summed E-state index contributed by atoms with van der Waals surface area (Å²) >= 11 is 0. The molecule has 0 aliphatic heterocycles. The van der Waals surface area contributed by atoms with Crippen LogP contribution < -0.4 is 10.1 Å². The zero-order chi connectivity index (χ0) is 19.7. The number of nitrogens with zero attached hydrogens (tertiary/aromatic N) is 3. The monoisotopic (exact) mass is 366 g/mol. The summed E-state index contributed by atoms with van der Waals surface area (Å²) in [4.78, 5) is 17.5. The summed E-state index contributed by atoms with van der Waals surface area (Å²) in [5.74, 6) is 0.665. The van der Waals surface area contributed by atoms with E-state index in [1.807, 2.05) is 72.0 Å². The minimum absolute atomic E-state index is 0.104. The first-order valence-electron chi connectivity index (χ1n) is 9.14. The van der Waals surface area contributed by atoms with Crippen molar-refractivity contribution in [2.45, 2.75) is 46.8 Å². The normalized spacial score (nSPS) is 12.4. The lowest BCUT2D eigenvalue weighted by atomic mass is 10.1. The number of nitrogens with one attached hydrogen (secondary N) is 1. The topological polar surface area (TPSA) is 69.0 Å². The van der Waals surface area contributed by atoms with Crippen molar-refractivity contribution in [3.05, 3.63) is 52.8 Å². The van der Waals surface area contributed by atoms with Crippen LogP contribution in [-0.2, 0) is 7.05 Å². The second kappa shape index (κ2) is 7.39. The number of pyridine rings is 1. The van der Waals surface area contributed by atoms with Crippen molar-refractivity contribution >= 4 is 16.9 Å². The maximum atomic E-state index is 13.0. The van der Waals surface area contributed by atoms with E-state index in [0.29, 0.717) is 5.56 Å². The fraction of sp³-hybridized carbons (Fsp3) is 0.381. The Morgan fingerprint density at radius 1 is 1.19 bits per heavy atom. The maximum Gasteiger partial charge on any atom is 0.252 e. The number of ether oxygens (including phenoxy) is 1. The van der Waals surface area contributed by atoms with Gasteiger partial charge in [0.25, 0.3) is 5.91 Å². The van der Waals surface area contributed by atoms with Gasteiger partial charge >= 0.3 is 0 Å². The van der Waals surface area contributed by atoms with Crippen molar-refractivity contribution in [1.29, 1.82) is 0 Å². The fourth-order valence-corrected chi connectivity index (χ4v) is 3.24. The molecule has 0 radical (unpaired) electrons. The quantitative estimate of drug-likeness (QED) is 0.744. The highest BCUT2D eigenvalue weighted by molar-refractivity contribution is 6.06. The summed E-state index contributed by atoms with van der Waals surface area (Å²) in [5.41, 5.74) is 3.90. The molecule has 3 rings (SSSR count). The SMILES string of the molecule is Cc1cc(C(=O)NC(C)c2cccc(OC(C)C)c2)c2c(C)nn(C)c2n1. The smallest absolute Gasteiger partial charge is 0.252 e. The largest absolute Gasteiger partial charge is 0.491 e. The van der Waals surface area contributed by atoms with E-state index in [9.17, 15) is 4.79 Å². The van der Waals surface area contributed by atoms with Crippen molar-refractivity contribution in [2.24, 2.45) is 7.05 Å². The van der Waals surface area contributed by atoms with Gasteiger partial charge in [-0.15, -0.1) is 0 Å². The van der Waals surface area contributed by atoms with Crippen LogP contribution in [0.25, 0.3) is 11.0 Å². The minimum Gasteiger partial charge on any atom is -0.491 e. The van der Waals surface area contributed by atoms with E-state index in [1.165, 1.54) is 0 Å². The maximum absolute atomic E-state index is 13.0. The van der Waals surface area contributed by atoms with Crippen LogP contribution >= 0.6 is 0 Å². The highest BCUT2D eigenvalue weighted by Crippen LogP contribution is 2.24. The van der Waals surface area contributed by atoms with Crippen LogP contribution in [0.4, 0.5) is 0 Å². The first-order chi connectivity index (χ1) is 12.8. The van der Waals surface area contributed by atoms with Gasteiger partial charge in [0.1, 0.15) is 5.75 Å². The molecule has 1 unspecified atom stereocenters. The van der Waals surface area contributed by atoms with Gasteiger partial charge in [-0.1, -0.05) is 12.1 Å². The Morgan fingerprint density at radius 3 is 2.63 bits per heavy atom. The second-order valence-electron chi connectivity index (χ2n) is 7.15. The number of hydrogen-bond donors (Lipinski definition) is 1. The van der Waals surface area contributed by atoms with Gasteiger partial charge in [-0.25, -0.2) is 4.98 Å². The summed E-state index contributed by atoms with van der Waals surface area (Å²) < 4.78 is 7.47. The molecular weight excluding hydrogens is 340 g/mol. The average molecular weight is 366 g/mol. The van der Waals surface area contributed by atoms with Gasteiger partial charge in [0.05, 0.1) is 28.8 Å². The molecule has 142 valence electrons. The lowest BCUT2D eigenvalue weighted by molar-refractivity contribution is 0.0941. The molecule has 1 N–H and O–H groups in total. The van der Waals surface area contributed by atoms with Gasteiger partial charge in [0.15, 0.2) is 5.65 Å². The van der Waals surface area contributed by atoms with Gasteiger partial charge in [-0.3, -0.25) is 9.48 Å². The van der Waals surface area contributed by atoms with Crippen molar-refractivity contribution < 1.29 is 9.53 Å². The summed E-state index contributed by atoms with van der Waals surface area (Å²) in [6.07, 6.45) is 0.104. The molecule has 1 atom stereocenters. The van der Waals surface area contributed by atoms with E-state index in [2.05, 4.69) is 15.4 Å². The highest BCUT2D eigenvalue weighted by atomic mass is 16.5. The van der Waals surface area contributed by atoms with Crippen LogP contribution in [0.5, 0.6) is 5.75 Å². The molecule has 2 aromatic heterocycles. The standard InChI is InChI=1S/C21H26N4O2/c1-12(2)27-17-9-7-8-16(11-17)14(4)23-21(26)18-10-13(3)22-20-19(18)15(5)24-25(20)6/h7-12,14H,1-6H3,(H,23,26). The fourth-order valence-electron chi connectivity index (χ4n) is 3.24. The van der Waals surface area contributed by atoms with Crippen LogP contribution in [0.3, 0.4) is 0 Å². The number of rotatable bonds is 5. The summed E-state index contributed by atoms with van der Waals surface area (Å²) in [7, 11) is 1.84. The number of hydrogen-bond acceptors (Lipinski definition) is 4. The Labute approximate surface area is 159 Å². The van der Waals surface area contributed by atoms with Crippen LogP contribution in [0.15, 0.2) is 30.3 Å². The molecule has 6 heteroatoms. The molecule has 0 bridgehead atoms. The molecule has 0 spiro atoms. The predicted molar refractivity (Wildman–Crippen MR) is 106 cm³/mol. The zero-order valence-corrected chi connectivity index (χ0v) is 16.7. The number of amides is 1. The van der Waals surface area contributed by atoms with Gasteiger partial charge in [-0.05, 0) is 58.4 Å². The van der Waals surface area contributed by atoms with Crippen molar-refractivity contribution in [3.8, 4) is 5.75 Å². The first kappa shape index (κ1) is 18.9. The van der Waals surface area contributed by atoms with Crippen LogP contribution in [0, 0.1) is 13.8 Å². The van der Waals surface area contributed by atoms with Gasteiger partial charge in [0.2, 0.25) is 0 Å². The summed E-state index contributed by atoms with van der Waals surface area (Å²) in [6, 6.07) is 9.47. The first-order valence-corrected chi connectivity index (χ1v) is 9.14. The minimum atomic E-state index is -0.159. The molecule has 27 heavy (non-hydrogen) atoms. The van der Waals surface area contributed by atoms with Crippen LogP contribution in [0.2, 0.25) is 0 Å². The van der Waals surface area contributed by atoms with Crippen LogP contribution in [0.1, 0.15) is 54.1 Å². The zero-order valence-electron chi connectivity index (χ0n) is 16.7. The Morgan fingerprint density at radius 2 is 1.93 bits per heavy atom. The number of aryl methyl sites for hydroxylation is 3. The van der Waals surface area contributed by atoms with Gasteiger partial charge in [0, 0.05) is 12.7 Å². The van der Waals surface area contributed by atoms with Crippen molar-refractivity contribution in [2.75, 3.05) is 0 Å². The van der Waals surface area contributed by atoms with E-state index >= 15 is 0 Å². The molecule has 3 aromatic rings. The molecule has 2 heterocycles. The molecule has 0 fully saturated rings. The number of carbonyl (C=O) groups is 1. The molecule has 0 aliphatic carbocycles. The van der Waals surface area contributed by atoms with E-state index < -0.39 is 0 Å². The average Bonchev–Trinajstić information content (AvgIpc) is 2.87. The lowest BCUT2D eigenvalue weighted by Gasteiger charge is -2.17. The molecule has 1 amide bonds. The number of aromatic nitrogens is 3. The Hall–Kier alpha value is -2.89. The molecule has 6 nitrogen and oxygen atoms in total. The summed E-state index contributed by atoms with van der Waals surface area (Å²) in [5, 5.41) is 8.29. The Kier molecular flexibility index (Phi) is 5.17. The van der Waals surface area contributed by atoms with Crippen LogP contribution in [-0.4, -0.2) is 26.8 Å². The van der Waals surface area contributed by atoms with Gasteiger partial charge in [-0.2, -0.15) is 5.10 Å². The molecule has 0 saturated carbocycles. The third-order valence-corrected chi connectivity index (χ3v) is 4.42. The number of carbonyl (C=O) groups excluding carboxylic acids is 1. The second-order valence-corrected chi connectivity index (χ2v) is 7.15.